The second kappa shape index (κ2) is 20.5. The van der Waals surface area contributed by atoms with Crippen molar-refractivity contribution in [1.29, 1.82) is 0 Å². The zero-order chi connectivity index (χ0) is 20.3. The third kappa shape index (κ3) is 14.0. The molecule has 0 aliphatic carbocycles. The second-order valence-electron chi connectivity index (χ2n) is 8.19. The molecular weight excluding hydrogens is 376 g/mol. The Morgan fingerprint density at radius 2 is 0.966 bits per heavy atom. The molecule has 0 aliphatic heterocycles. The summed E-state index contributed by atoms with van der Waals surface area (Å²) >= 11 is 0. The third-order valence-corrected chi connectivity index (χ3v) is 5.85. The lowest BCUT2D eigenvalue weighted by molar-refractivity contribution is 0.272. The van der Waals surface area contributed by atoms with E-state index in [1.54, 1.807) is 0 Å². The predicted octanol–water partition coefficient (Wildman–Crippen LogP) is 8.65. The van der Waals surface area contributed by atoms with E-state index >= 15 is 0 Å². The van der Waals surface area contributed by atoms with Gasteiger partial charge in [-0.2, -0.15) is 0 Å². The highest BCUT2D eigenvalue weighted by molar-refractivity contribution is 5.85. The standard InChI is InChI=1S/C26H48N2.ClH/c1-4-7-8-9-10-11-12-13-14-15-16-17-18-22-25-28(27(5-2)6-3)26-23-20-19-21-24-26;/h19-21,23-24H,4-18,22,25H2,1-3H3;1H. The van der Waals surface area contributed by atoms with Crippen LogP contribution < -0.4 is 5.01 Å². The molecule has 2 nitrogen and oxygen atoms in total. The van der Waals surface area contributed by atoms with Gasteiger partial charge in [0, 0.05) is 19.6 Å². The molecule has 1 rings (SSSR count). The molecule has 0 saturated carbocycles. The average molecular weight is 425 g/mol. The summed E-state index contributed by atoms with van der Waals surface area (Å²) in [5.41, 5.74) is 1.33. The lowest BCUT2D eigenvalue weighted by Gasteiger charge is -2.35. The van der Waals surface area contributed by atoms with Crippen molar-refractivity contribution in [3.8, 4) is 0 Å². The van der Waals surface area contributed by atoms with E-state index in [-0.39, 0.29) is 12.4 Å². The Kier molecular flexibility index (Phi) is 20.0. The monoisotopic (exact) mass is 424 g/mol. The number of hydrazine groups is 1. The zero-order valence-electron chi connectivity index (χ0n) is 19.7. The number of rotatable bonds is 19. The normalized spacial score (nSPS) is 10.9. The summed E-state index contributed by atoms with van der Waals surface area (Å²) in [6, 6.07) is 10.9. The first-order valence-electron chi connectivity index (χ1n) is 12.4. The van der Waals surface area contributed by atoms with Gasteiger partial charge in [0.2, 0.25) is 0 Å². The Labute approximate surface area is 188 Å². The second-order valence-corrected chi connectivity index (χ2v) is 8.19. The first-order chi connectivity index (χ1) is 13.8. The molecule has 0 spiro atoms. The lowest BCUT2D eigenvalue weighted by atomic mass is 10.0. The molecule has 0 fully saturated rings. The minimum atomic E-state index is 0. The number of halogens is 1. The van der Waals surface area contributed by atoms with Crippen molar-refractivity contribution in [2.24, 2.45) is 0 Å². The third-order valence-electron chi connectivity index (χ3n) is 5.85. The van der Waals surface area contributed by atoms with Crippen molar-refractivity contribution < 1.29 is 0 Å². The number of para-hydroxylation sites is 1. The van der Waals surface area contributed by atoms with Crippen LogP contribution in [0.25, 0.3) is 0 Å². The highest BCUT2D eigenvalue weighted by Crippen LogP contribution is 2.18. The minimum Gasteiger partial charge on any atom is -0.306 e. The fourth-order valence-corrected chi connectivity index (χ4v) is 4.06. The van der Waals surface area contributed by atoms with Crippen LogP contribution in [0.5, 0.6) is 0 Å². The van der Waals surface area contributed by atoms with E-state index in [0.29, 0.717) is 0 Å². The van der Waals surface area contributed by atoms with Crippen molar-refractivity contribution in [2.75, 3.05) is 24.6 Å². The molecule has 3 heteroatoms. The molecule has 0 saturated heterocycles. The van der Waals surface area contributed by atoms with Gasteiger partial charge in [-0.15, -0.1) is 12.4 Å². The van der Waals surface area contributed by atoms with E-state index in [2.05, 4.69) is 61.1 Å². The van der Waals surface area contributed by atoms with Gasteiger partial charge in [0.05, 0.1) is 5.69 Å². The van der Waals surface area contributed by atoms with Gasteiger partial charge < -0.3 is 5.01 Å². The van der Waals surface area contributed by atoms with Crippen LogP contribution >= 0.6 is 12.4 Å². The van der Waals surface area contributed by atoms with Crippen LogP contribution in [0.3, 0.4) is 0 Å². The maximum atomic E-state index is 2.49. The molecule has 0 radical (unpaired) electrons. The first kappa shape index (κ1) is 28.3. The van der Waals surface area contributed by atoms with Gasteiger partial charge in [0.15, 0.2) is 0 Å². The van der Waals surface area contributed by atoms with Crippen molar-refractivity contribution in [1.82, 2.24) is 5.01 Å². The number of benzene rings is 1. The Hall–Kier alpha value is -0.730. The van der Waals surface area contributed by atoms with Gasteiger partial charge in [0.25, 0.3) is 0 Å². The summed E-state index contributed by atoms with van der Waals surface area (Å²) in [7, 11) is 0. The van der Waals surface area contributed by atoms with Gasteiger partial charge in [-0.1, -0.05) is 122 Å². The van der Waals surface area contributed by atoms with Crippen LogP contribution in [-0.2, 0) is 0 Å². The average Bonchev–Trinajstić information content (AvgIpc) is 2.74. The van der Waals surface area contributed by atoms with Crippen molar-refractivity contribution in [2.45, 2.75) is 111 Å². The van der Waals surface area contributed by atoms with E-state index in [9.17, 15) is 0 Å². The van der Waals surface area contributed by atoms with E-state index in [4.69, 9.17) is 0 Å². The summed E-state index contributed by atoms with van der Waals surface area (Å²) in [5, 5.41) is 4.94. The number of nitrogens with zero attached hydrogens (tertiary/aromatic N) is 2. The molecule has 0 N–H and O–H groups in total. The van der Waals surface area contributed by atoms with E-state index in [0.717, 1.165) is 19.6 Å². The van der Waals surface area contributed by atoms with E-state index in [1.807, 2.05) is 0 Å². The predicted molar refractivity (Wildman–Crippen MR) is 134 cm³/mol. The van der Waals surface area contributed by atoms with Crippen LogP contribution in [0.4, 0.5) is 5.69 Å². The summed E-state index contributed by atoms with van der Waals surface area (Å²) in [6.07, 6.45) is 19.9. The largest absolute Gasteiger partial charge is 0.306 e. The zero-order valence-corrected chi connectivity index (χ0v) is 20.5. The number of hydrogen-bond acceptors (Lipinski definition) is 2. The van der Waals surface area contributed by atoms with Crippen molar-refractivity contribution in [3.05, 3.63) is 30.3 Å². The maximum Gasteiger partial charge on any atom is 0.0522 e. The summed E-state index contributed by atoms with van der Waals surface area (Å²) in [6.45, 7) is 10.1. The summed E-state index contributed by atoms with van der Waals surface area (Å²) < 4.78 is 0. The molecule has 0 aromatic heterocycles. The SMILES string of the molecule is CCCCCCCCCCCCCCCCN(c1ccccc1)N(CC)CC.Cl. The van der Waals surface area contributed by atoms with Crippen molar-refractivity contribution in [3.63, 3.8) is 0 Å². The highest BCUT2D eigenvalue weighted by Gasteiger charge is 2.12. The van der Waals surface area contributed by atoms with E-state index in [1.165, 1.54) is 95.6 Å². The Balaban J connectivity index is 0.00000784. The number of anilines is 1. The molecule has 0 atom stereocenters. The molecule has 170 valence electrons. The van der Waals surface area contributed by atoms with Gasteiger partial charge in [-0.3, -0.25) is 0 Å². The van der Waals surface area contributed by atoms with Crippen LogP contribution in [0.2, 0.25) is 0 Å². The molecular formula is C26H49ClN2. The Bertz CT molecular complexity index is 434. The van der Waals surface area contributed by atoms with E-state index < -0.39 is 0 Å². The molecule has 1 aromatic rings. The molecule has 0 bridgehead atoms. The highest BCUT2D eigenvalue weighted by atomic mass is 35.5. The molecule has 29 heavy (non-hydrogen) atoms. The molecule has 1 aromatic carbocycles. The molecule has 0 aliphatic rings. The summed E-state index contributed by atoms with van der Waals surface area (Å²) in [4.78, 5) is 0. The Morgan fingerprint density at radius 1 is 0.552 bits per heavy atom. The van der Waals surface area contributed by atoms with Crippen molar-refractivity contribution >= 4 is 18.1 Å². The van der Waals surface area contributed by atoms with Crippen LogP contribution in [0, 0.1) is 0 Å². The molecule has 0 heterocycles. The van der Waals surface area contributed by atoms with Gasteiger partial charge in [-0.25, -0.2) is 5.01 Å². The summed E-state index contributed by atoms with van der Waals surface area (Å²) in [5.74, 6) is 0. The maximum absolute atomic E-state index is 2.49. The number of hydrogen-bond donors (Lipinski definition) is 0. The quantitative estimate of drug-likeness (QED) is 0.162. The fraction of sp³-hybridized carbons (Fsp3) is 0.769. The smallest absolute Gasteiger partial charge is 0.0522 e. The topological polar surface area (TPSA) is 6.48 Å². The molecule has 0 amide bonds. The minimum absolute atomic E-state index is 0. The number of unbranched alkanes of at least 4 members (excludes halogenated alkanes) is 13. The van der Waals surface area contributed by atoms with Crippen LogP contribution in [-0.4, -0.2) is 24.6 Å². The Morgan fingerprint density at radius 3 is 1.38 bits per heavy atom. The fourth-order valence-electron chi connectivity index (χ4n) is 4.06. The van der Waals surface area contributed by atoms with Gasteiger partial charge in [0.1, 0.15) is 0 Å². The molecule has 0 unspecified atom stereocenters. The van der Waals surface area contributed by atoms with Crippen LogP contribution in [0.1, 0.15) is 111 Å². The van der Waals surface area contributed by atoms with Crippen LogP contribution in [0.15, 0.2) is 30.3 Å². The lowest BCUT2D eigenvalue weighted by Crippen LogP contribution is -2.43. The van der Waals surface area contributed by atoms with Gasteiger partial charge >= 0.3 is 0 Å². The van der Waals surface area contributed by atoms with Gasteiger partial charge in [-0.05, 0) is 18.6 Å². The first-order valence-corrected chi connectivity index (χ1v) is 12.4.